The number of nitrogens with zero attached hydrogens (tertiary/aromatic N) is 3. The van der Waals surface area contributed by atoms with Gasteiger partial charge in [-0.2, -0.15) is 0 Å². The summed E-state index contributed by atoms with van der Waals surface area (Å²) in [4.78, 5) is 59.8. The molecule has 0 unspecified atom stereocenters. The van der Waals surface area contributed by atoms with Gasteiger partial charge in [0.2, 0.25) is 12.7 Å². The number of hydrogen-bond donors (Lipinski definition) is 1. The quantitative estimate of drug-likeness (QED) is 0.305. The Hall–Kier alpha value is -5.03. The average Bonchev–Trinajstić information content (AvgIpc) is 3.59. The maximum absolute atomic E-state index is 14.1. The molecule has 11 nitrogen and oxygen atoms in total. The summed E-state index contributed by atoms with van der Waals surface area (Å²) in [6.45, 7) is 3.40. The summed E-state index contributed by atoms with van der Waals surface area (Å²) in [5, 5.41) is 3.63. The molecule has 12 heteroatoms. The molecule has 248 valence electrons. The Morgan fingerprint density at radius 3 is 2.27 bits per heavy atom. The number of benzene rings is 3. The highest BCUT2D eigenvalue weighted by Crippen LogP contribution is 2.35. The number of nitrogens with one attached hydrogen (secondary N) is 1. The molecule has 4 aromatic rings. The first-order chi connectivity index (χ1) is 23.3. The van der Waals surface area contributed by atoms with Gasteiger partial charge in [0, 0.05) is 68.5 Å². The normalized spacial score (nSPS) is 16.6. The molecule has 0 aliphatic carbocycles. The van der Waals surface area contributed by atoms with Crippen LogP contribution in [0.5, 0.6) is 11.5 Å². The number of anilines is 1. The van der Waals surface area contributed by atoms with Crippen molar-refractivity contribution >= 4 is 46.0 Å². The molecule has 1 atom stereocenters. The standard InChI is InChI=1S/C36H35ClN4O7/c37-24-10-8-23(9-11-24)18-27(38-34(43)33-20-29(42)26-19-31-32(47-22-46-31)21-30(26)48-33)36(45)41-16-14-39(15-17-41)28-7-3-2-6-25(28)35(44)40-12-4-1-5-13-40/h2-3,6-11,19-21,27H,1,4-5,12-18,22H2,(H,38,43)/t27-/m1/s1. The van der Waals surface area contributed by atoms with Crippen LogP contribution >= 0.6 is 11.6 Å². The van der Waals surface area contributed by atoms with E-state index < -0.39 is 17.4 Å². The molecule has 7 rings (SSSR count). The van der Waals surface area contributed by atoms with Crippen molar-refractivity contribution in [3.63, 3.8) is 0 Å². The molecule has 2 saturated heterocycles. The number of carbonyl (C=O) groups is 3. The number of piperidine rings is 1. The summed E-state index contributed by atoms with van der Waals surface area (Å²) in [6, 6.07) is 17.9. The monoisotopic (exact) mass is 670 g/mol. The lowest BCUT2D eigenvalue weighted by Gasteiger charge is -2.38. The first-order valence-corrected chi connectivity index (χ1v) is 16.6. The minimum atomic E-state index is -0.948. The van der Waals surface area contributed by atoms with Crippen molar-refractivity contribution in [3.05, 3.63) is 98.9 Å². The number of ether oxygens (including phenoxy) is 2. The maximum atomic E-state index is 14.1. The van der Waals surface area contributed by atoms with Crippen molar-refractivity contribution in [1.29, 1.82) is 0 Å². The second kappa shape index (κ2) is 13.6. The molecule has 3 aromatic carbocycles. The van der Waals surface area contributed by atoms with Crippen molar-refractivity contribution < 1.29 is 28.3 Å². The lowest BCUT2D eigenvalue weighted by molar-refractivity contribution is -0.133. The summed E-state index contributed by atoms with van der Waals surface area (Å²) in [5.74, 6) is -0.292. The van der Waals surface area contributed by atoms with Gasteiger partial charge in [-0.1, -0.05) is 35.9 Å². The Kier molecular flexibility index (Phi) is 8.94. The van der Waals surface area contributed by atoms with E-state index in [0.717, 1.165) is 49.7 Å². The molecular formula is C36H35ClN4O7. The predicted molar refractivity (Wildman–Crippen MR) is 180 cm³/mol. The second-order valence-corrected chi connectivity index (χ2v) is 12.7. The topological polar surface area (TPSA) is 122 Å². The third-order valence-electron chi connectivity index (χ3n) is 9.11. The van der Waals surface area contributed by atoms with Gasteiger partial charge in [-0.05, 0) is 55.2 Å². The number of carbonyl (C=O) groups excluding carboxylic acids is 3. The summed E-state index contributed by atoms with van der Waals surface area (Å²) in [5.41, 5.74) is 2.09. The summed E-state index contributed by atoms with van der Waals surface area (Å²) < 4.78 is 16.6. The van der Waals surface area contributed by atoms with E-state index >= 15 is 0 Å². The third kappa shape index (κ3) is 6.55. The molecule has 0 saturated carbocycles. The highest BCUT2D eigenvalue weighted by Gasteiger charge is 2.32. The number of piperazine rings is 1. The van der Waals surface area contributed by atoms with Crippen LogP contribution in [0.2, 0.25) is 5.02 Å². The number of halogens is 1. The Morgan fingerprint density at radius 1 is 0.812 bits per heavy atom. The van der Waals surface area contributed by atoms with E-state index in [1.807, 2.05) is 41.3 Å². The third-order valence-corrected chi connectivity index (χ3v) is 9.36. The van der Waals surface area contributed by atoms with Crippen molar-refractivity contribution in [2.75, 3.05) is 51.0 Å². The summed E-state index contributed by atoms with van der Waals surface area (Å²) in [6.07, 6.45) is 3.37. The molecule has 3 aliphatic rings. The van der Waals surface area contributed by atoms with Gasteiger partial charge in [-0.3, -0.25) is 19.2 Å². The Balaban J connectivity index is 1.08. The molecule has 0 bridgehead atoms. The molecule has 0 radical (unpaired) electrons. The van der Waals surface area contributed by atoms with Gasteiger partial charge in [-0.15, -0.1) is 0 Å². The van der Waals surface area contributed by atoms with Crippen molar-refractivity contribution in [1.82, 2.24) is 15.1 Å². The van der Waals surface area contributed by atoms with Gasteiger partial charge >= 0.3 is 0 Å². The first kappa shape index (κ1) is 31.6. The molecule has 1 N–H and O–H groups in total. The van der Waals surface area contributed by atoms with E-state index in [-0.39, 0.29) is 41.8 Å². The van der Waals surface area contributed by atoms with Crippen LogP contribution in [0, 0.1) is 0 Å². The molecule has 3 amide bonds. The molecule has 48 heavy (non-hydrogen) atoms. The maximum Gasteiger partial charge on any atom is 0.287 e. The van der Waals surface area contributed by atoms with Crippen molar-refractivity contribution in [2.45, 2.75) is 31.7 Å². The summed E-state index contributed by atoms with van der Waals surface area (Å²) >= 11 is 6.10. The fraction of sp³-hybridized carbons (Fsp3) is 0.333. The fourth-order valence-electron chi connectivity index (χ4n) is 6.53. The van der Waals surface area contributed by atoms with Crippen LogP contribution in [-0.4, -0.2) is 79.6 Å². The lowest BCUT2D eigenvalue weighted by Crippen LogP contribution is -2.56. The summed E-state index contributed by atoms with van der Waals surface area (Å²) in [7, 11) is 0. The van der Waals surface area contributed by atoms with Crippen LogP contribution in [-0.2, 0) is 11.2 Å². The number of fused-ring (bicyclic) bond motifs is 2. The molecule has 2 fully saturated rings. The molecule has 1 aromatic heterocycles. The SMILES string of the molecule is O=C(N[C@H](Cc1ccc(Cl)cc1)C(=O)N1CCN(c2ccccc2C(=O)N2CCCCC2)CC1)c1cc(=O)c2cc3c(cc2o1)OCO3. The molecule has 0 spiro atoms. The minimum Gasteiger partial charge on any atom is -0.454 e. The molecule has 3 aliphatic heterocycles. The zero-order chi connectivity index (χ0) is 33.2. The number of rotatable bonds is 7. The fourth-order valence-corrected chi connectivity index (χ4v) is 6.65. The van der Waals surface area contributed by atoms with Crippen LogP contribution < -0.4 is 25.1 Å². The van der Waals surface area contributed by atoms with Crippen LogP contribution in [0.15, 0.2) is 75.9 Å². The van der Waals surface area contributed by atoms with Crippen LogP contribution in [0.25, 0.3) is 11.0 Å². The average molecular weight is 671 g/mol. The van der Waals surface area contributed by atoms with Crippen LogP contribution in [0.4, 0.5) is 5.69 Å². The van der Waals surface area contributed by atoms with Crippen LogP contribution in [0.3, 0.4) is 0 Å². The Morgan fingerprint density at radius 2 is 1.52 bits per heavy atom. The predicted octanol–water partition coefficient (Wildman–Crippen LogP) is 4.49. The van der Waals surface area contributed by atoms with Gasteiger partial charge in [0.05, 0.1) is 10.9 Å². The van der Waals surface area contributed by atoms with E-state index in [0.29, 0.717) is 48.3 Å². The smallest absolute Gasteiger partial charge is 0.287 e. The number of amides is 3. The van der Waals surface area contributed by atoms with E-state index in [1.165, 1.54) is 12.1 Å². The van der Waals surface area contributed by atoms with Crippen LogP contribution in [0.1, 0.15) is 45.7 Å². The van der Waals surface area contributed by atoms with E-state index in [4.69, 9.17) is 25.5 Å². The van der Waals surface area contributed by atoms with Gasteiger partial charge in [0.15, 0.2) is 22.7 Å². The second-order valence-electron chi connectivity index (χ2n) is 12.2. The number of likely N-dealkylation sites (tertiary alicyclic amines) is 1. The van der Waals surface area contributed by atoms with Crippen molar-refractivity contribution in [3.8, 4) is 11.5 Å². The zero-order valence-electron chi connectivity index (χ0n) is 26.3. The lowest BCUT2D eigenvalue weighted by atomic mass is 10.0. The minimum absolute atomic E-state index is 0.0270. The highest BCUT2D eigenvalue weighted by atomic mass is 35.5. The van der Waals surface area contributed by atoms with E-state index in [2.05, 4.69) is 10.2 Å². The Labute approximate surface area is 281 Å². The highest BCUT2D eigenvalue weighted by molar-refractivity contribution is 6.30. The van der Waals surface area contributed by atoms with Gasteiger partial charge in [0.25, 0.3) is 11.8 Å². The molecule has 4 heterocycles. The zero-order valence-corrected chi connectivity index (χ0v) is 27.0. The largest absolute Gasteiger partial charge is 0.454 e. The van der Waals surface area contributed by atoms with Gasteiger partial charge in [-0.25, -0.2) is 0 Å². The molecular weight excluding hydrogens is 636 g/mol. The van der Waals surface area contributed by atoms with Crippen molar-refractivity contribution in [2.24, 2.45) is 0 Å². The Bertz CT molecular complexity index is 1910. The van der Waals surface area contributed by atoms with Gasteiger partial charge in [0.1, 0.15) is 11.6 Å². The van der Waals surface area contributed by atoms with E-state index in [1.54, 1.807) is 17.0 Å². The number of para-hydroxylation sites is 1. The van der Waals surface area contributed by atoms with Gasteiger partial charge < -0.3 is 33.9 Å². The first-order valence-electron chi connectivity index (χ1n) is 16.2. The van der Waals surface area contributed by atoms with E-state index in [9.17, 15) is 19.2 Å². The number of hydrogen-bond acceptors (Lipinski definition) is 8.